The molecule has 0 fully saturated rings. The predicted molar refractivity (Wildman–Crippen MR) is 142 cm³/mol. The summed E-state index contributed by atoms with van der Waals surface area (Å²) in [7, 11) is 0. The summed E-state index contributed by atoms with van der Waals surface area (Å²) >= 11 is 0. The topological polar surface area (TPSA) is 99.1 Å². The fraction of sp³-hybridized carbons (Fsp3) is 0.517. The van der Waals surface area contributed by atoms with E-state index in [9.17, 15) is 28.6 Å². The molecule has 0 bridgehead atoms. The first-order chi connectivity index (χ1) is 17.9. The third kappa shape index (κ3) is 9.45. The maximum atomic E-state index is 13.8. The van der Waals surface area contributed by atoms with Gasteiger partial charge in [0.05, 0.1) is 18.8 Å². The number of carbonyl (C=O) groups is 2. The van der Waals surface area contributed by atoms with Gasteiger partial charge in [-0.3, -0.25) is 9.59 Å². The molecule has 0 spiro atoms. The number of nitrogens with zero attached hydrogens (tertiary/aromatic N) is 1. The van der Waals surface area contributed by atoms with Crippen LogP contribution in [0.5, 0.6) is 0 Å². The number of carbonyl (C=O) groups excluding carboxylic acids is 2. The highest BCUT2D eigenvalue weighted by Gasteiger charge is 2.29. The van der Waals surface area contributed by atoms with Crippen LogP contribution in [0.25, 0.3) is 0 Å². The first-order valence-electron chi connectivity index (χ1n) is 13.1. The SMILES string of the molecule is CCCN(CCC)C(=O)c1cc(C)cc(C(=O)N[C@@H](Cc2cc(F)cc(F)c2)[C@@H](O)C(O)COC(C)C)c1. The Morgan fingerprint density at radius 3 is 2.08 bits per heavy atom. The fourth-order valence-corrected chi connectivity index (χ4v) is 4.22. The van der Waals surface area contributed by atoms with E-state index >= 15 is 0 Å². The molecule has 38 heavy (non-hydrogen) atoms. The Morgan fingerprint density at radius 2 is 1.53 bits per heavy atom. The lowest BCUT2D eigenvalue weighted by Crippen LogP contribution is -2.51. The summed E-state index contributed by atoms with van der Waals surface area (Å²) in [5.41, 5.74) is 1.45. The molecular weight excluding hydrogens is 494 g/mol. The number of amides is 2. The van der Waals surface area contributed by atoms with Gasteiger partial charge < -0.3 is 25.2 Å². The van der Waals surface area contributed by atoms with E-state index in [1.807, 2.05) is 13.8 Å². The quantitative estimate of drug-likeness (QED) is 0.340. The summed E-state index contributed by atoms with van der Waals surface area (Å²) in [5, 5.41) is 24.1. The Hall–Kier alpha value is -2.88. The maximum Gasteiger partial charge on any atom is 0.253 e. The molecule has 0 aliphatic carbocycles. The average Bonchev–Trinajstić information content (AvgIpc) is 2.84. The molecule has 0 aliphatic heterocycles. The Bertz CT molecular complexity index is 1050. The number of aliphatic hydroxyl groups is 2. The number of rotatable bonds is 14. The van der Waals surface area contributed by atoms with Crippen LogP contribution < -0.4 is 5.32 Å². The number of benzene rings is 2. The van der Waals surface area contributed by atoms with Crippen LogP contribution in [0.3, 0.4) is 0 Å². The van der Waals surface area contributed by atoms with E-state index in [1.165, 1.54) is 6.07 Å². The zero-order chi connectivity index (χ0) is 28.4. The van der Waals surface area contributed by atoms with E-state index in [-0.39, 0.29) is 36.2 Å². The molecule has 9 heteroatoms. The minimum Gasteiger partial charge on any atom is -0.388 e. The van der Waals surface area contributed by atoms with Crippen LogP contribution in [-0.2, 0) is 11.2 Å². The predicted octanol–water partition coefficient (Wildman–Crippen LogP) is 4.02. The summed E-state index contributed by atoms with van der Waals surface area (Å²) in [6.45, 7) is 10.3. The van der Waals surface area contributed by atoms with Crippen molar-refractivity contribution in [2.24, 2.45) is 0 Å². The standard InChI is InChI=1S/C29H40F2N2O5/c1-6-8-33(9-7-2)29(37)22-11-19(5)10-21(15-22)28(36)32-25(27(35)26(34)17-38-18(3)4)14-20-12-23(30)16-24(31)13-20/h10-13,15-16,18,25-27,34-35H,6-9,14,17H2,1-5H3,(H,32,36)/t25-,26?,27+/m0/s1. The maximum absolute atomic E-state index is 13.8. The van der Waals surface area contributed by atoms with Crippen LogP contribution in [0.4, 0.5) is 8.78 Å². The van der Waals surface area contributed by atoms with Crippen LogP contribution >= 0.6 is 0 Å². The molecule has 0 aliphatic rings. The molecule has 3 N–H and O–H groups in total. The summed E-state index contributed by atoms with van der Waals surface area (Å²) in [6, 6.07) is 6.64. The highest BCUT2D eigenvalue weighted by atomic mass is 19.1. The first kappa shape index (κ1) is 31.3. The van der Waals surface area contributed by atoms with Gasteiger partial charge in [-0.1, -0.05) is 13.8 Å². The van der Waals surface area contributed by atoms with Crippen molar-refractivity contribution >= 4 is 11.8 Å². The molecule has 2 aromatic rings. The van der Waals surface area contributed by atoms with Crippen molar-refractivity contribution in [1.29, 1.82) is 0 Å². The molecule has 1 unspecified atom stereocenters. The van der Waals surface area contributed by atoms with Gasteiger partial charge in [0.2, 0.25) is 0 Å². The van der Waals surface area contributed by atoms with Gasteiger partial charge in [0.15, 0.2) is 0 Å². The van der Waals surface area contributed by atoms with Crippen LogP contribution in [-0.4, -0.2) is 71.0 Å². The molecule has 0 saturated heterocycles. The van der Waals surface area contributed by atoms with E-state index in [0.717, 1.165) is 31.0 Å². The van der Waals surface area contributed by atoms with Crippen molar-refractivity contribution in [3.63, 3.8) is 0 Å². The van der Waals surface area contributed by atoms with Gasteiger partial charge in [0.1, 0.15) is 23.8 Å². The fourth-order valence-electron chi connectivity index (χ4n) is 4.22. The molecule has 0 saturated carbocycles. The van der Waals surface area contributed by atoms with Gasteiger partial charge in [-0.05, 0) is 81.5 Å². The molecular formula is C29H40F2N2O5. The molecule has 0 aromatic heterocycles. The molecule has 2 amide bonds. The van der Waals surface area contributed by atoms with E-state index in [4.69, 9.17) is 4.74 Å². The molecule has 7 nitrogen and oxygen atoms in total. The number of nitrogens with one attached hydrogen (secondary N) is 1. The largest absolute Gasteiger partial charge is 0.388 e. The lowest BCUT2D eigenvalue weighted by molar-refractivity contribution is -0.0635. The van der Waals surface area contributed by atoms with Gasteiger partial charge >= 0.3 is 0 Å². The number of ether oxygens (including phenoxy) is 1. The van der Waals surface area contributed by atoms with Crippen LogP contribution in [0.15, 0.2) is 36.4 Å². The van der Waals surface area contributed by atoms with E-state index in [2.05, 4.69) is 5.32 Å². The second-order valence-corrected chi connectivity index (χ2v) is 9.88. The lowest BCUT2D eigenvalue weighted by atomic mass is 9.96. The van der Waals surface area contributed by atoms with Gasteiger partial charge in [0.25, 0.3) is 11.8 Å². The Balaban J connectivity index is 2.34. The van der Waals surface area contributed by atoms with Crippen molar-refractivity contribution in [1.82, 2.24) is 10.2 Å². The van der Waals surface area contributed by atoms with Gasteiger partial charge in [-0.25, -0.2) is 8.78 Å². The highest BCUT2D eigenvalue weighted by molar-refractivity contribution is 6.00. The summed E-state index contributed by atoms with van der Waals surface area (Å²) in [6.07, 6.45) is -1.63. The second kappa shape index (κ2) is 14.9. The van der Waals surface area contributed by atoms with Crippen molar-refractivity contribution in [2.45, 2.75) is 78.2 Å². The summed E-state index contributed by atoms with van der Waals surface area (Å²) in [5.74, 6) is -2.37. The van der Waals surface area contributed by atoms with E-state index in [0.29, 0.717) is 24.2 Å². The van der Waals surface area contributed by atoms with Crippen LogP contribution in [0.1, 0.15) is 72.4 Å². The second-order valence-electron chi connectivity index (χ2n) is 9.88. The molecule has 0 heterocycles. The smallest absolute Gasteiger partial charge is 0.253 e. The zero-order valence-corrected chi connectivity index (χ0v) is 22.8. The van der Waals surface area contributed by atoms with E-state index in [1.54, 1.807) is 37.8 Å². The number of aryl methyl sites for hydroxylation is 1. The van der Waals surface area contributed by atoms with Crippen molar-refractivity contribution in [2.75, 3.05) is 19.7 Å². The number of hydrogen-bond acceptors (Lipinski definition) is 5. The van der Waals surface area contributed by atoms with Crippen LogP contribution in [0, 0.1) is 18.6 Å². The lowest BCUT2D eigenvalue weighted by Gasteiger charge is -2.28. The zero-order valence-electron chi connectivity index (χ0n) is 22.8. The average molecular weight is 535 g/mol. The molecule has 2 rings (SSSR count). The number of halogens is 2. The minimum atomic E-state index is -1.50. The van der Waals surface area contributed by atoms with Crippen molar-refractivity contribution in [3.05, 3.63) is 70.3 Å². The van der Waals surface area contributed by atoms with Gasteiger partial charge in [-0.15, -0.1) is 0 Å². The summed E-state index contributed by atoms with van der Waals surface area (Å²) < 4.78 is 33.0. The summed E-state index contributed by atoms with van der Waals surface area (Å²) in [4.78, 5) is 28.2. The van der Waals surface area contributed by atoms with Crippen molar-refractivity contribution < 1.29 is 33.3 Å². The number of hydrogen-bond donors (Lipinski definition) is 3. The Labute approximate surface area is 223 Å². The molecule has 0 radical (unpaired) electrons. The Morgan fingerprint density at radius 1 is 0.947 bits per heavy atom. The van der Waals surface area contributed by atoms with E-state index < -0.39 is 35.8 Å². The van der Waals surface area contributed by atoms with Gasteiger partial charge in [0, 0.05) is 30.3 Å². The normalized spacial score (nSPS) is 13.7. The molecule has 210 valence electrons. The molecule has 2 aromatic carbocycles. The third-order valence-corrected chi connectivity index (χ3v) is 5.96. The van der Waals surface area contributed by atoms with Crippen molar-refractivity contribution in [3.8, 4) is 0 Å². The third-order valence-electron chi connectivity index (χ3n) is 5.96. The minimum absolute atomic E-state index is 0.154. The van der Waals surface area contributed by atoms with Crippen LogP contribution in [0.2, 0.25) is 0 Å². The number of aliphatic hydroxyl groups excluding tert-OH is 2. The molecule has 3 atom stereocenters. The highest BCUT2D eigenvalue weighted by Crippen LogP contribution is 2.17. The van der Waals surface area contributed by atoms with Gasteiger partial charge in [-0.2, -0.15) is 0 Å². The monoisotopic (exact) mass is 534 g/mol. The Kier molecular flexibility index (Phi) is 12.3. The first-order valence-corrected chi connectivity index (χ1v) is 13.1.